The summed E-state index contributed by atoms with van der Waals surface area (Å²) in [6.07, 6.45) is 3.75. The number of carbonyl (C=O) groups excluding carboxylic acids is 1. The summed E-state index contributed by atoms with van der Waals surface area (Å²) in [5, 5.41) is 10.7. The number of halogens is 2. The van der Waals surface area contributed by atoms with Crippen LogP contribution in [-0.4, -0.2) is 51.8 Å². The Kier molecular flexibility index (Phi) is 8.05. The molecule has 6 nitrogen and oxygen atoms in total. The first kappa shape index (κ1) is 23.6. The Labute approximate surface area is 187 Å². The Morgan fingerprint density at radius 1 is 1.31 bits per heavy atom. The number of amides is 1. The summed E-state index contributed by atoms with van der Waals surface area (Å²) in [5.41, 5.74) is 2.30. The van der Waals surface area contributed by atoms with Crippen molar-refractivity contribution in [2.24, 2.45) is 0 Å². The zero-order valence-electron chi connectivity index (χ0n) is 16.8. The number of pyridine rings is 1. The van der Waals surface area contributed by atoms with Crippen LogP contribution in [0.25, 0.3) is 21.6 Å². The van der Waals surface area contributed by atoms with Crippen molar-refractivity contribution in [3.05, 3.63) is 35.3 Å². The van der Waals surface area contributed by atoms with Gasteiger partial charge in [-0.25, -0.2) is 9.67 Å². The number of piperidine rings is 1. The van der Waals surface area contributed by atoms with Crippen molar-refractivity contribution in [2.45, 2.75) is 38.8 Å². The summed E-state index contributed by atoms with van der Waals surface area (Å²) >= 11 is 1.63. The molecule has 0 radical (unpaired) electrons. The lowest BCUT2D eigenvalue weighted by atomic mass is 10.0. The van der Waals surface area contributed by atoms with E-state index in [1.807, 2.05) is 40.2 Å². The van der Waals surface area contributed by atoms with E-state index in [1.54, 1.807) is 17.5 Å². The van der Waals surface area contributed by atoms with E-state index in [1.165, 1.54) is 0 Å². The zero-order valence-corrected chi connectivity index (χ0v) is 19.2. The lowest BCUT2D eigenvalue weighted by Gasteiger charge is -2.31. The molecular formula is C20H27Cl2N5OS. The van der Waals surface area contributed by atoms with Crippen LogP contribution in [-0.2, 0) is 0 Å². The Morgan fingerprint density at radius 2 is 2.03 bits per heavy atom. The lowest BCUT2D eigenvalue weighted by molar-refractivity contribution is 0.0705. The molecule has 1 amide bonds. The van der Waals surface area contributed by atoms with Gasteiger partial charge in [0, 0.05) is 19.1 Å². The monoisotopic (exact) mass is 455 g/mol. The quantitative estimate of drug-likeness (QED) is 0.632. The first-order valence-electron chi connectivity index (χ1n) is 9.46. The molecule has 3 aromatic heterocycles. The van der Waals surface area contributed by atoms with Gasteiger partial charge in [0.05, 0.1) is 27.7 Å². The molecule has 0 aliphatic carbocycles. The van der Waals surface area contributed by atoms with Gasteiger partial charge in [-0.3, -0.25) is 4.79 Å². The van der Waals surface area contributed by atoms with Gasteiger partial charge in [0.1, 0.15) is 0 Å². The largest absolute Gasteiger partial charge is 0.339 e. The Balaban J connectivity index is 0.00000150. The summed E-state index contributed by atoms with van der Waals surface area (Å²) in [4.78, 5) is 21.2. The fourth-order valence-corrected chi connectivity index (χ4v) is 4.36. The maximum atomic E-state index is 13.4. The van der Waals surface area contributed by atoms with Gasteiger partial charge >= 0.3 is 0 Å². The minimum absolute atomic E-state index is 0. The molecule has 0 aromatic carbocycles. The summed E-state index contributed by atoms with van der Waals surface area (Å²) in [6, 6.07) is 6.43. The molecule has 1 fully saturated rings. The summed E-state index contributed by atoms with van der Waals surface area (Å²) in [7, 11) is 1.92. The van der Waals surface area contributed by atoms with Crippen LogP contribution in [0.15, 0.2) is 29.8 Å². The van der Waals surface area contributed by atoms with Gasteiger partial charge in [0.25, 0.3) is 5.91 Å². The SMILES string of the molecule is CC(C)n1ncc2c(C(=O)N(C)C3CCNCC3)cc(-c3cccs3)nc21.Cl.Cl. The van der Waals surface area contributed by atoms with Crippen molar-refractivity contribution in [1.29, 1.82) is 0 Å². The third kappa shape index (κ3) is 4.58. The molecule has 1 aliphatic rings. The van der Waals surface area contributed by atoms with Gasteiger partial charge < -0.3 is 10.2 Å². The normalized spacial score (nSPS) is 14.5. The number of hydrogen-bond donors (Lipinski definition) is 1. The fourth-order valence-electron chi connectivity index (χ4n) is 3.67. The van der Waals surface area contributed by atoms with Gasteiger partial charge in [0.2, 0.25) is 0 Å². The number of aromatic nitrogens is 3. The standard InChI is InChI=1S/C20H25N5OS.2ClH/c1-13(2)25-19-16(12-22-25)15(11-17(23-19)18-5-4-10-27-18)20(26)24(3)14-6-8-21-9-7-14;;/h4-5,10-14,21H,6-9H2,1-3H3;2*1H. The highest BCUT2D eigenvalue weighted by Crippen LogP contribution is 2.30. The molecule has 1 N–H and O–H groups in total. The van der Waals surface area contributed by atoms with E-state index in [-0.39, 0.29) is 42.8 Å². The molecule has 1 aliphatic heterocycles. The highest BCUT2D eigenvalue weighted by Gasteiger charge is 2.26. The highest BCUT2D eigenvalue weighted by atomic mass is 35.5. The van der Waals surface area contributed by atoms with Crippen LogP contribution in [0.5, 0.6) is 0 Å². The molecule has 1 saturated heterocycles. The molecule has 0 spiro atoms. The van der Waals surface area contributed by atoms with Gasteiger partial charge in [-0.15, -0.1) is 36.2 Å². The second kappa shape index (κ2) is 9.89. The maximum Gasteiger partial charge on any atom is 0.254 e. The van der Waals surface area contributed by atoms with Crippen molar-refractivity contribution in [1.82, 2.24) is 25.0 Å². The van der Waals surface area contributed by atoms with E-state index in [4.69, 9.17) is 4.98 Å². The van der Waals surface area contributed by atoms with E-state index < -0.39 is 0 Å². The predicted octanol–water partition coefficient (Wildman–Crippen LogP) is 4.41. The molecule has 4 rings (SSSR count). The van der Waals surface area contributed by atoms with E-state index in [9.17, 15) is 4.79 Å². The number of thiophene rings is 1. The second-order valence-corrected chi connectivity index (χ2v) is 8.30. The molecule has 4 heterocycles. The average molecular weight is 456 g/mol. The third-order valence-corrected chi connectivity index (χ3v) is 6.13. The number of nitrogens with one attached hydrogen (secondary N) is 1. The number of fused-ring (bicyclic) bond motifs is 1. The average Bonchev–Trinajstić information content (AvgIpc) is 3.36. The summed E-state index contributed by atoms with van der Waals surface area (Å²) in [5.74, 6) is 0.0513. The zero-order chi connectivity index (χ0) is 19.0. The van der Waals surface area contributed by atoms with Gasteiger partial charge in [-0.1, -0.05) is 6.07 Å². The van der Waals surface area contributed by atoms with Gasteiger partial charge in [-0.05, 0) is 57.3 Å². The number of nitrogens with zero attached hydrogens (tertiary/aromatic N) is 4. The highest BCUT2D eigenvalue weighted by molar-refractivity contribution is 7.13. The Bertz CT molecular complexity index is 951. The predicted molar refractivity (Wildman–Crippen MR) is 124 cm³/mol. The summed E-state index contributed by atoms with van der Waals surface area (Å²) in [6.45, 7) is 6.07. The lowest BCUT2D eigenvalue weighted by Crippen LogP contribution is -2.44. The van der Waals surface area contributed by atoms with Crippen molar-refractivity contribution in [3.63, 3.8) is 0 Å². The molecule has 158 valence electrons. The van der Waals surface area contributed by atoms with Crippen LogP contribution in [0.4, 0.5) is 0 Å². The van der Waals surface area contributed by atoms with E-state index >= 15 is 0 Å². The van der Waals surface area contributed by atoms with Crippen LogP contribution in [0, 0.1) is 0 Å². The third-order valence-electron chi connectivity index (χ3n) is 5.24. The first-order valence-corrected chi connectivity index (χ1v) is 10.3. The fraction of sp³-hybridized carbons (Fsp3) is 0.450. The van der Waals surface area contributed by atoms with Crippen molar-refractivity contribution in [3.8, 4) is 10.6 Å². The molecule has 0 unspecified atom stereocenters. The molecule has 0 bridgehead atoms. The molecule has 29 heavy (non-hydrogen) atoms. The molecule has 9 heteroatoms. The van der Waals surface area contributed by atoms with Crippen LogP contribution in [0.2, 0.25) is 0 Å². The maximum absolute atomic E-state index is 13.4. The van der Waals surface area contributed by atoms with Crippen molar-refractivity contribution in [2.75, 3.05) is 20.1 Å². The number of rotatable bonds is 4. The smallest absolute Gasteiger partial charge is 0.254 e. The first-order chi connectivity index (χ1) is 13.1. The molecule has 0 atom stereocenters. The second-order valence-electron chi connectivity index (χ2n) is 7.35. The van der Waals surface area contributed by atoms with Crippen LogP contribution < -0.4 is 5.32 Å². The van der Waals surface area contributed by atoms with Crippen molar-refractivity contribution >= 4 is 53.1 Å². The van der Waals surface area contributed by atoms with E-state index in [2.05, 4.69) is 24.3 Å². The van der Waals surface area contributed by atoms with Gasteiger partial charge in [0.15, 0.2) is 5.65 Å². The van der Waals surface area contributed by atoms with Crippen molar-refractivity contribution < 1.29 is 4.79 Å². The minimum atomic E-state index is 0. The molecule has 0 saturated carbocycles. The van der Waals surface area contributed by atoms with Crippen LogP contribution in [0.1, 0.15) is 43.1 Å². The Morgan fingerprint density at radius 3 is 2.66 bits per heavy atom. The van der Waals surface area contributed by atoms with Crippen LogP contribution in [0.3, 0.4) is 0 Å². The number of hydrogen-bond acceptors (Lipinski definition) is 5. The van der Waals surface area contributed by atoms with E-state index in [0.29, 0.717) is 5.56 Å². The van der Waals surface area contributed by atoms with Gasteiger partial charge in [-0.2, -0.15) is 5.10 Å². The molecule has 3 aromatic rings. The number of carbonyl (C=O) groups is 1. The minimum Gasteiger partial charge on any atom is -0.339 e. The summed E-state index contributed by atoms with van der Waals surface area (Å²) < 4.78 is 1.90. The topological polar surface area (TPSA) is 63.1 Å². The Hall–Kier alpha value is -1.67. The van der Waals surface area contributed by atoms with Crippen LogP contribution >= 0.6 is 36.2 Å². The molecular weight excluding hydrogens is 429 g/mol. The van der Waals surface area contributed by atoms with E-state index in [0.717, 1.165) is 47.5 Å².